The third-order valence-electron chi connectivity index (χ3n) is 10.8. The van der Waals surface area contributed by atoms with Crippen LogP contribution in [0, 0.1) is 0 Å². The number of pyridine rings is 1. The van der Waals surface area contributed by atoms with Crippen LogP contribution in [-0.4, -0.2) is 101 Å². The van der Waals surface area contributed by atoms with Gasteiger partial charge in [0.25, 0.3) is 0 Å². The molecule has 17 nitrogen and oxygen atoms in total. The lowest BCUT2D eigenvalue weighted by Crippen LogP contribution is -2.54. The van der Waals surface area contributed by atoms with E-state index in [9.17, 15) is 33.0 Å². The quantitative estimate of drug-likeness (QED) is 0.109. The summed E-state index contributed by atoms with van der Waals surface area (Å²) >= 11 is 0. The van der Waals surface area contributed by atoms with E-state index < -0.39 is 48.3 Å². The second kappa shape index (κ2) is 17.2. The highest BCUT2D eigenvalue weighted by molar-refractivity contribution is 5.80. The second-order valence-corrected chi connectivity index (χ2v) is 14.6. The zero-order valence-corrected chi connectivity index (χ0v) is 32.6. The van der Waals surface area contributed by atoms with Crippen molar-refractivity contribution in [3.05, 3.63) is 131 Å². The highest BCUT2D eigenvalue weighted by atomic mass is 19.4. The molecule has 20 heteroatoms. The fourth-order valence-corrected chi connectivity index (χ4v) is 7.61. The number of aromatic amines is 1. The molecule has 0 spiro atoms. The number of benzene rings is 2. The summed E-state index contributed by atoms with van der Waals surface area (Å²) in [4.78, 5) is 52.6. The van der Waals surface area contributed by atoms with E-state index in [0.29, 0.717) is 22.7 Å². The molecular weight excluding hydrogens is 802 g/mol. The Labute approximate surface area is 345 Å². The van der Waals surface area contributed by atoms with Crippen molar-refractivity contribution < 1.29 is 47.1 Å². The zero-order chi connectivity index (χ0) is 42.7. The van der Waals surface area contributed by atoms with Gasteiger partial charge in [-0.25, -0.2) is 19.6 Å². The third-order valence-corrected chi connectivity index (χ3v) is 10.8. The van der Waals surface area contributed by atoms with E-state index in [0.717, 1.165) is 11.1 Å². The fraction of sp³-hybridized carbons (Fsp3) is 0.341. The number of fused-ring (bicyclic) bond motifs is 1. The largest absolute Gasteiger partial charge is 0.493 e. The molecule has 0 bridgehead atoms. The van der Waals surface area contributed by atoms with Crippen LogP contribution in [0.15, 0.2) is 102 Å². The minimum Gasteiger partial charge on any atom is -0.387 e. The number of alkyl halides is 3. The molecular formula is C41H41F3N10O7. The Morgan fingerprint density at radius 2 is 1.75 bits per heavy atom. The average Bonchev–Trinajstić information content (AvgIpc) is 4.11. The van der Waals surface area contributed by atoms with Crippen LogP contribution >= 0.6 is 0 Å². The Kier molecular flexibility index (Phi) is 11.7. The average molecular weight is 843 g/mol. The first-order valence-electron chi connectivity index (χ1n) is 19.5. The molecule has 8 rings (SSSR count). The number of carbonyl (C=O) groups is 2. The van der Waals surface area contributed by atoms with Gasteiger partial charge in [-0.3, -0.25) is 10.3 Å². The van der Waals surface area contributed by atoms with Gasteiger partial charge in [0.05, 0.1) is 18.1 Å². The van der Waals surface area contributed by atoms with Crippen LogP contribution in [0.5, 0.6) is 0 Å². The van der Waals surface area contributed by atoms with Crippen LogP contribution in [0.3, 0.4) is 0 Å². The van der Waals surface area contributed by atoms with E-state index in [1.54, 1.807) is 23.1 Å². The topological polar surface area (TPSA) is 217 Å². The van der Waals surface area contributed by atoms with E-state index in [1.807, 2.05) is 67.6 Å². The predicted molar refractivity (Wildman–Crippen MR) is 209 cm³/mol. The van der Waals surface area contributed by atoms with Gasteiger partial charge < -0.3 is 39.5 Å². The highest BCUT2D eigenvalue weighted by Gasteiger charge is 2.59. The number of carbonyl (C=O) groups excluding carboxylic acids is 2. The molecule has 2 saturated heterocycles. The van der Waals surface area contributed by atoms with Crippen LogP contribution in [-0.2, 0) is 33.1 Å². The molecule has 0 radical (unpaired) electrons. The Morgan fingerprint density at radius 3 is 2.41 bits per heavy atom. The molecule has 2 aliphatic rings. The molecule has 5 atom stereocenters. The number of halogens is 3. The molecule has 2 aromatic carbocycles. The molecule has 0 aliphatic carbocycles. The lowest BCUT2D eigenvalue weighted by molar-refractivity contribution is -0.232. The molecule has 2 amide bonds. The number of aryl methyl sites for hydroxylation is 1. The number of hydrogen-bond acceptors (Lipinski definition) is 14. The van der Waals surface area contributed by atoms with Crippen molar-refractivity contribution in [1.29, 1.82) is 0 Å². The van der Waals surface area contributed by atoms with Crippen molar-refractivity contribution in [2.24, 2.45) is 0 Å². The fourth-order valence-electron chi connectivity index (χ4n) is 7.61. The van der Waals surface area contributed by atoms with E-state index in [2.05, 4.69) is 40.6 Å². The molecule has 0 saturated carbocycles. The molecule has 4 aromatic heterocycles. The van der Waals surface area contributed by atoms with E-state index >= 15 is 0 Å². The lowest BCUT2D eigenvalue weighted by Gasteiger charge is -2.35. The Morgan fingerprint density at radius 1 is 1.05 bits per heavy atom. The standard InChI is InChI=1S/C41H41F3N10O7/c1-2-27-19-30(60-52-27)33-32(55)35(56)40(59-33,49-21-29(25-9-5-3-6-10-25)26-11-7-4-8-12-26)34-31-36(48-23-47-31)51-38(50-34)53-18-15-28(22-53)54(61-37(57)41(42,43)44)39(58)46-20-24-13-16-45-17-14-24/h3-14,16-17,19,23,28-29,32-33,35,49,55-56H,2,15,18,20-22H2,1H3,(H,46,58)(H,47,48,50,51)/t28-,32-,33-,35-,40-/m1/s1. The minimum absolute atomic E-state index is 0.00177. The molecule has 61 heavy (non-hydrogen) atoms. The first kappa shape index (κ1) is 41.3. The normalized spacial score (nSPS) is 21.6. The number of anilines is 1. The van der Waals surface area contributed by atoms with Gasteiger partial charge >= 0.3 is 18.2 Å². The van der Waals surface area contributed by atoms with Crippen molar-refractivity contribution in [2.75, 3.05) is 24.5 Å². The van der Waals surface area contributed by atoms with Gasteiger partial charge in [-0.2, -0.15) is 18.2 Å². The smallest absolute Gasteiger partial charge is 0.387 e. The van der Waals surface area contributed by atoms with E-state index in [1.165, 1.54) is 18.7 Å². The summed E-state index contributed by atoms with van der Waals surface area (Å²) in [5.41, 5.74) is 1.54. The molecule has 0 unspecified atom stereocenters. The number of ether oxygens (including phenoxy) is 1. The van der Waals surface area contributed by atoms with Gasteiger partial charge in [0.1, 0.15) is 29.5 Å². The van der Waals surface area contributed by atoms with Crippen molar-refractivity contribution in [3.63, 3.8) is 0 Å². The Bertz CT molecular complexity index is 2400. The Hall–Kier alpha value is -6.48. The molecule has 6 aromatic rings. The summed E-state index contributed by atoms with van der Waals surface area (Å²) in [6.45, 7) is 1.86. The van der Waals surface area contributed by atoms with Crippen molar-refractivity contribution >= 4 is 29.1 Å². The van der Waals surface area contributed by atoms with Gasteiger partial charge in [-0.1, -0.05) is 72.7 Å². The minimum atomic E-state index is -5.39. The number of hydroxylamine groups is 2. The molecule has 2 fully saturated rings. The molecule has 318 valence electrons. The van der Waals surface area contributed by atoms with Crippen molar-refractivity contribution in [3.8, 4) is 0 Å². The van der Waals surface area contributed by atoms with E-state index in [-0.39, 0.29) is 67.1 Å². The maximum atomic E-state index is 13.5. The summed E-state index contributed by atoms with van der Waals surface area (Å²) in [7, 11) is 0. The number of hydrogen-bond donors (Lipinski definition) is 5. The number of rotatable bonds is 12. The zero-order valence-electron chi connectivity index (χ0n) is 32.6. The maximum absolute atomic E-state index is 13.5. The summed E-state index contributed by atoms with van der Waals surface area (Å²) in [5, 5.41) is 34.3. The lowest BCUT2D eigenvalue weighted by atomic mass is 9.90. The monoisotopic (exact) mass is 842 g/mol. The predicted octanol–water partition coefficient (Wildman–Crippen LogP) is 4.18. The van der Waals surface area contributed by atoms with Crippen LogP contribution < -0.4 is 15.5 Å². The number of aliphatic hydroxyl groups excluding tert-OH is 2. The number of H-pyrrole nitrogens is 1. The summed E-state index contributed by atoms with van der Waals surface area (Å²) < 4.78 is 52.7. The van der Waals surface area contributed by atoms with Gasteiger partial charge in [0.2, 0.25) is 5.95 Å². The summed E-state index contributed by atoms with van der Waals surface area (Å²) in [6, 6.07) is 22.1. The van der Waals surface area contributed by atoms with Crippen LogP contribution in [0.2, 0.25) is 0 Å². The molecule has 2 aliphatic heterocycles. The van der Waals surface area contributed by atoms with Crippen LogP contribution in [0.1, 0.15) is 59.2 Å². The summed E-state index contributed by atoms with van der Waals surface area (Å²) in [5.74, 6) is -2.70. The first-order chi connectivity index (χ1) is 29.4. The highest BCUT2D eigenvalue weighted by Crippen LogP contribution is 2.46. The molecule has 6 heterocycles. The van der Waals surface area contributed by atoms with Crippen LogP contribution in [0.4, 0.5) is 23.9 Å². The second-order valence-electron chi connectivity index (χ2n) is 14.6. The maximum Gasteiger partial charge on any atom is 0.493 e. The number of aromatic nitrogens is 6. The number of urea groups is 1. The number of amides is 2. The van der Waals surface area contributed by atoms with Crippen LogP contribution in [0.25, 0.3) is 11.2 Å². The van der Waals surface area contributed by atoms with E-state index in [4.69, 9.17) is 14.2 Å². The third kappa shape index (κ3) is 8.47. The SMILES string of the molecule is CCc1cc([C@H]2O[C@](NCC(c3ccccc3)c3ccccc3)(c3nc(N4CC[C@@H](N(OC(=O)C(F)(F)F)C(=O)NCc5ccncc5)C4)nc4nc[nH]c34)[C@H](O)[C@@H]2O)on1. The molecule has 5 N–H and O–H groups in total. The Balaban J connectivity index is 1.15. The van der Waals surface area contributed by atoms with Gasteiger partial charge in [0, 0.05) is 50.6 Å². The summed E-state index contributed by atoms with van der Waals surface area (Å²) in [6.07, 6.45) is -4.95. The number of nitrogens with zero attached hydrogens (tertiary/aromatic N) is 7. The number of imidazole rings is 1. The number of nitrogens with one attached hydrogen (secondary N) is 3. The van der Waals surface area contributed by atoms with Gasteiger partial charge in [-0.15, -0.1) is 5.06 Å². The number of aliphatic hydroxyl groups is 2. The van der Waals surface area contributed by atoms with Crippen molar-refractivity contribution in [1.82, 2.24) is 45.8 Å². The van der Waals surface area contributed by atoms with Gasteiger partial charge in [-0.05, 0) is 41.7 Å². The first-order valence-corrected chi connectivity index (χ1v) is 19.5. The van der Waals surface area contributed by atoms with Crippen molar-refractivity contribution in [2.45, 2.75) is 68.5 Å². The van der Waals surface area contributed by atoms with Gasteiger partial charge in [0.15, 0.2) is 17.1 Å².